The van der Waals surface area contributed by atoms with Crippen molar-refractivity contribution >= 4 is 23.1 Å². The zero-order valence-electron chi connectivity index (χ0n) is 9.31. The fourth-order valence-electron chi connectivity index (χ4n) is 1.47. The minimum atomic E-state index is 0.654. The number of pyridine rings is 1. The van der Waals surface area contributed by atoms with Crippen LogP contribution in [0.15, 0.2) is 42.6 Å². The zero-order chi connectivity index (χ0) is 11.5. The molecule has 0 bridgehead atoms. The molecule has 0 radical (unpaired) electrons. The second-order valence-electron chi connectivity index (χ2n) is 3.73. The van der Waals surface area contributed by atoms with Gasteiger partial charge in [-0.25, -0.2) is 4.98 Å². The molecular weight excluding hydrogens is 220 g/mol. The Labute approximate surface area is 101 Å². The summed E-state index contributed by atoms with van der Waals surface area (Å²) < 4.78 is 0. The van der Waals surface area contributed by atoms with Gasteiger partial charge in [0.2, 0.25) is 0 Å². The molecule has 0 aliphatic heterocycles. The van der Waals surface area contributed by atoms with Gasteiger partial charge in [-0.3, -0.25) is 0 Å². The van der Waals surface area contributed by atoms with E-state index in [0.717, 1.165) is 11.5 Å². The van der Waals surface area contributed by atoms with Gasteiger partial charge in [-0.2, -0.15) is 0 Å². The molecular formula is C13H13ClN2. The van der Waals surface area contributed by atoms with Crippen LogP contribution in [0.2, 0.25) is 5.02 Å². The maximum Gasteiger partial charge on any atom is 0.132 e. The third kappa shape index (κ3) is 2.34. The molecule has 0 saturated heterocycles. The van der Waals surface area contributed by atoms with Crippen LogP contribution in [0.1, 0.15) is 5.56 Å². The molecule has 2 nitrogen and oxygen atoms in total. The molecule has 0 spiro atoms. The van der Waals surface area contributed by atoms with Gasteiger partial charge >= 0.3 is 0 Å². The van der Waals surface area contributed by atoms with Crippen molar-refractivity contribution in [1.29, 1.82) is 0 Å². The molecule has 0 N–H and O–H groups in total. The Morgan fingerprint density at radius 1 is 1.06 bits per heavy atom. The predicted molar refractivity (Wildman–Crippen MR) is 68.5 cm³/mol. The van der Waals surface area contributed by atoms with E-state index in [0.29, 0.717) is 5.02 Å². The van der Waals surface area contributed by atoms with Gasteiger partial charge in [-0.1, -0.05) is 29.3 Å². The zero-order valence-corrected chi connectivity index (χ0v) is 10.1. The fourth-order valence-corrected chi connectivity index (χ4v) is 1.58. The maximum absolute atomic E-state index is 5.80. The molecule has 0 unspecified atom stereocenters. The smallest absolute Gasteiger partial charge is 0.132 e. The van der Waals surface area contributed by atoms with Crippen LogP contribution in [-0.4, -0.2) is 12.0 Å². The number of hydrogen-bond donors (Lipinski definition) is 0. The Balaban J connectivity index is 2.28. The van der Waals surface area contributed by atoms with Gasteiger partial charge in [0.05, 0.1) is 5.02 Å². The average Bonchev–Trinajstić information content (AvgIpc) is 2.30. The summed E-state index contributed by atoms with van der Waals surface area (Å²) in [5.74, 6) is 0.883. The predicted octanol–water partition coefficient (Wildman–Crippen LogP) is 3.81. The van der Waals surface area contributed by atoms with Crippen molar-refractivity contribution in [2.75, 3.05) is 11.9 Å². The molecule has 0 atom stereocenters. The SMILES string of the molecule is Cc1ccc(N(C)c2ccc(Cl)cn2)cc1. The Morgan fingerprint density at radius 3 is 2.31 bits per heavy atom. The van der Waals surface area contributed by atoms with Crippen LogP contribution in [-0.2, 0) is 0 Å². The minimum Gasteiger partial charge on any atom is -0.329 e. The van der Waals surface area contributed by atoms with Gasteiger partial charge in [-0.05, 0) is 31.2 Å². The van der Waals surface area contributed by atoms with Gasteiger partial charge in [-0.15, -0.1) is 0 Å². The van der Waals surface area contributed by atoms with Gasteiger partial charge in [0, 0.05) is 18.9 Å². The van der Waals surface area contributed by atoms with Gasteiger partial charge < -0.3 is 4.90 Å². The summed E-state index contributed by atoms with van der Waals surface area (Å²) in [6, 6.07) is 12.1. The lowest BCUT2D eigenvalue weighted by Crippen LogP contribution is -2.10. The van der Waals surface area contributed by atoms with E-state index in [1.807, 2.05) is 24.1 Å². The first-order valence-electron chi connectivity index (χ1n) is 5.09. The van der Waals surface area contributed by atoms with E-state index in [9.17, 15) is 0 Å². The molecule has 1 aromatic carbocycles. The summed E-state index contributed by atoms with van der Waals surface area (Å²) in [6.45, 7) is 2.07. The third-order valence-corrected chi connectivity index (χ3v) is 2.70. The first-order chi connectivity index (χ1) is 7.66. The van der Waals surface area contributed by atoms with Crippen LogP contribution in [0.4, 0.5) is 11.5 Å². The fraction of sp³-hybridized carbons (Fsp3) is 0.154. The maximum atomic E-state index is 5.80. The number of halogens is 1. The first-order valence-corrected chi connectivity index (χ1v) is 5.46. The highest BCUT2D eigenvalue weighted by atomic mass is 35.5. The van der Waals surface area contributed by atoms with E-state index < -0.39 is 0 Å². The highest BCUT2D eigenvalue weighted by Gasteiger charge is 2.04. The lowest BCUT2D eigenvalue weighted by Gasteiger charge is -2.18. The average molecular weight is 233 g/mol. The number of rotatable bonds is 2. The van der Waals surface area contributed by atoms with Crippen LogP contribution in [0, 0.1) is 6.92 Å². The van der Waals surface area contributed by atoms with E-state index in [-0.39, 0.29) is 0 Å². The largest absolute Gasteiger partial charge is 0.329 e. The standard InChI is InChI=1S/C13H13ClN2/c1-10-3-6-12(7-4-10)16(2)13-8-5-11(14)9-15-13/h3-9H,1-2H3. The molecule has 82 valence electrons. The van der Waals surface area contributed by atoms with Crippen molar-refractivity contribution in [2.45, 2.75) is 6.92 Å². The Bertz CT molecular complexity index is 417. The lowest BCUT2D eigenvalue weighted by molar-refractivity contribution is 1.13. The molecule has 0 saturated carbocycles. The molecule has 1 heterocycles. The summed E-state index contributed by atoms with van der Waals surface area (Å²) >= 11 is 5.80. The van der Waals surface area contributed by atoms with Crippen LogP contribution in [0.25, 0.3) is 0 Å². The van der Waals surface area contributed by atoms with Crippen LogP contribution in [0.3, 0.4) is 0 Å². The molecule has 2 rings (SSSR count). The molecule has 16 heavy (non-hydrogen) atoms. The monoisotopic (exact) mass is 232 g/mol. The first kappa shape index (κ1) is 11.0. The van der Waals surface area contributed by atoms with Crippen molar-refractivity contribution in [2.24, 2.45) is 0 Å². The molecule has 2 aromatic rings. The van der Waals surface area contributed by atoms with E-state index in [1.165, 1.54) is 5.56 Å². The number of anilines is 2. The van der Waals surface area contributed by atoms with Crippen LogP contribution in [0.5, 0.6) is 0 Å². The second kappa shape index (κ2) is 4.54. The summed E-state index contributed by atoms with van der Waals surface area (Å²) in [4.78, 5) is 6.29. The number of hydrogen-bond acceptors (Lipinski definition) is 2. The summed E-state index contributed by atoms with van der Waals surface area (Å²) in [5, 5.41) is 0.654. The Morgan fingerprint density at radius 2 is 1.75 bits per heavy atom. The molecule has 0 aliphatic rings. The van der Waals surface area contributed by atoms with Crippen molar-refractivity contribution in [3.8, 4) is 0 Å². The molecule has 0 aliphatic carbocycles. The summed E-state index contributed by atoms with van der Waals surface area (Å²) in [6.07, 6.45) is 1.65. The minimum absolute atomic E-state index is 0.654. The van der Waals surface area contributed by atoms with Gasteiger partial charge in [0.15, 0.2) is 0 Å². The van der Waals surface area contributed by atoms with Crippen LogP contribution >= 0.6 is 11.6 Å². The van der Waals surface area contributed by atoms with Crippen molar-refractivity contribution in [3.63, 3.8) is 0 Å². The lowest BCUT2D eigenvalue weighted by atomic mass is 10.2. The van der Waals surface area contributed by atoms with Crippen molar-refractivity contribution in [3.05, 3.63) is 53.2 Å². The number of aryl methyl sites for hydroxylation is 1. The van der Waals surface area contributed by atoms with E-state index >= 15 is 0 Å². The van der Waals surface area contributed by atoms with E-state index in [2.05, 4.69) is 36.2 Å². The summed E-state index contributed by atoms with van der Waals surface area (Å²) in [5.41, 5.74) is 2.36. The molecule has 0 fully saturated rings. The Kier molecular flexibility index (Phi) is 3.11. The van der Waals surface area contributed by atoms with Crippen LogP contribution < -0.4 is 4.90 Å². The highest BCUT2D eigenvalue weighted by molar-refractivity contribution is 6.30. The quantitative estimate of drug-likeness (QED) is 0.783. The number of nitrogens with zero attached hydrogens (tertiary/aromatic N) is 2. The van der Waals surface area contributed by atoms with E-state index in [1.54, 1.807) is 6.20 Å². The van der Waals surface area contributed by atoms with Gasteiger partial charge in [0.1, 0.15) is 5.82 Å². The second-order valence-corrected chi connectivity index (χ2v) is 4.17. The third-order valence-electron chi connectivity index (χ3n) is 2.48. The molecule has 3 heteroatoms. The topological polar surface area (TPSA) is 16.1 Å². The molecule has 1 aromatic heterocycles. The normalized spacial score (nSPS) is 10.2. The molecule has 0 amide bonds. The Hall–Kier alpha value is -1.54. The van der Waals surface area contributed by atoms with Crippen molar-refractivity contribution < 1.29 is 0 Å². The highest BCUT2D eigenvalue weighted by Crippen LogP contribution is 2.22. The van der Waals surface area contributed by atoms with E-state index in [4.69, 9.17) is 11.6 Å². The van der Waals surface area contributed by atoms with Crippen molar-refractivity contribution in [1.82, 2.24) is 4.98 Å². The number of benzene rings is 1. The van der Waals surface area contributed by atoms with Gasteiger partial charge in [0.25, 0.3) is 0 Å². The summed E-state index contributed by atoms with van der Waals surface area (Å²) in [7, 11) is 1.99. The number of aromatic nitrogens is 1.